The number of nitrogens with one attached hydrogen (secondary N) is 3. The highest BCUT2D eigenvalue weighted by Crippen LogP contribution is 2.20. The molecule has 3 atom stereocenters. The molecule has 3 rings (SSSR count). The molecule has 5 N–H and O–H groups in total. The van der Waals surface area contributed by atoms with Crippen molar-refractivity contribution in [2.45, 2.75) is 37.3 Å². The number of hydrogen-bond acceptors (Lipinski definition) is 7. The molecule has 2 aliphatic heterocycles. The second kappa shape index (κ2) is 10.2. The van der Waals surface area contributed by atoms with Gasteiger partial charge < -0.3 is 30.7 Å². The molecule has 32 heavy (non-hydrogen) atoms. The Morgan fingerprint density at radius 2 is 1.94 bits per heavy atom. The van der Waals surface area contributed by atoms with Gasteiger partial charge in [-0.25, -0.2) is 4.79 Å². The van der Waals surface area contributed by atoms with E-state index in [1.54, 1.807) is 30.3 Å². The van der Waals surface area contributed by atoms with E-state index in [2.05, 4.69) is 16.0 Å². The van der Waals surface area contributed by atoms with Gasteiger partial charge in [-0.3, -0.25) is 24.1 Å². The maximum Gasteiger partial charge on any atom is 0.478 e. The third-order valence-corrected chi connectivity index (χ3v) is 5.17. The maximum absolute atomic E-state index is 13.0. The number of benzene rings is 1. The minimum atomic E-state index is -1.42. The van der Waals surface area contributed by atoms with Crippen LogP contribution in [0.2, 0.25) is 0 Å². The van der Waals surface area contributed by atoms with Crippen molar-refractivity contribution in [1.82, 2.24) is 20.9 Å². The number of amides is 5. The van der Waals surface area contributed by atoms with Crippen molar-refractivity contribution in [2.75, 3.05) is 13.1 Å². The van der Waals surface area contributed by atoms with Gasteiger partial charge in [-0.05, 0) is 18.4 Å². The monoisotopic (exact) mass is 446 g/mol. The number of nitrogens with zero attached hydrogens (tertiary/aromatic N) is 1. The number of carboxylic acid groups (broad SMARTS) is 1. The molecule has 0 aromatic heterocycles. The third-order valence-electron chi connectivity index (χ3n) is 5.17. The Kier molecular flexibility index (Phi) is 7.43. The van der Waals surface area contributed by atoms with Gasteiger partial charge >= 0.3 is 30.9 Å². The Morgan fingerprint density at radius 1 is 1.22 bits per heavy atom. The van der Waals surface area contributed by atoms with Crippen molar-refractivity contribution in [2.24, 2.45) is 0 Å². The quantitative estimate of drug-likeness (QED) is 0.261. The summed E-state index contributed by atoms with van der Waals surface area (Å²) in [4.78, 5) is 60.7. The number of rotatable bonds is 6. The fraction of sp³-hybridized carbons (Fsp3) is 0.421. The largest absolute Gasteiger partial charge is 0.481 e. The molecule has 2 saturated heterocycles. The lowest BCUT2D eigenvalue weighted by Crippen LogP contribution is -2.59. The highest BCUT2D eigenvalue weighted by Gasteiger charge is 2.39. The van der Waals surface area contributed by atoms with Crippen LogP contribution in [0.4, 0.5) is 4.79 Å². The molecule has 13 heteroatoms. The molecular formula is C19H23BN4O8. The van der Waals surface area contributed by atoms with Gasteiger partial charge in [0.2, 0.25) is 5.91 Å². The highest BCUT2D eigenvalue weighted by molar-refractivity contribution is 6.45. The zero-order chi connectivity index (χ0) is 23.3. The van der Waals surface area contributed by atoms with Crippen LogP contribution in [0.15, 0.2) is 30.3 Å². The Morgan fingerprint density at radius 3 is 2.59 bits per heavy atom. The van der Waals surface area contributed by atoms with Crippen molar-refractivity contribution in [3.63, 3.8) is 0 Å². The normalized spacial score (nSPS) is 22.0. The highest BCUT2D eigenvalue weighted by atomic mass is 16.5. The van der Waals surface area contributed by atoms with E-state index in [4.69, 9.17) is 9.76 Å². The summed E-state index contributed by atoms with van der Waals surface area (Å²) >= 11 is 0. The Labute approximate surface area is 183 Å². The first kappa shape index (κ1) is 23.2. The van der Waals surface area contributed by atoms with E-state index in [-0.39, 0.29) is 25.9 Å². The molecule has 170 valence electrons. The number of piperazine rings is 1. The molecule has 0 bridgehead atoms. The molecule has 2 aliphatic rings. The summed E-state index contributed by atoms with van der Waals surface area (Å²) in [6.07, 6.45) is -0.353. The number of imide groups is 1. The summed E-state index contributed by atoms with van der Waals surface area (Å²) < 4.78 is 5.27. The lowest BCUT2D eigenvalue weighted by Gasteiger charge is -2.32. The third kappa shape index (κ3) is 5.62. The lowest BCUT2D eigenvalue weighted by molar-refractivity contribution is -0.146. The molecular weight excluding hydrogens is 423 g/mol. The van der Waals surface area contributed by atoms with Crippen molar-refractivity contribution >= 4 is 36.8 Å². The van der Waals surface area contributed by atoms with E-state index in [9.17, 15) is 29.0 Å². The van der Waals surface area contributed by atoms with Crippen LogP contribution in [0.25, 0.3) is 0 Å². The van der Waals surface area contributed by atoms with Crippen LogP contribution in [0.5, 0.6) is 0 Å². The average Bonchev–Trinajstić information content (AvgIpc) is 2.75. The van der Waals surface area contributed by atoms with E-state index in [0.717, 1.165) is 4.90 Å². The van der Waals surface area contributed by atoms with Gasteiger partial charge in [-0.2, -0.15) is 0 Å². The fourth-order valence-corrected chi connectivity index (χ4v) is 3.54. The van der Waals surface area contributed by atoms with Gasteiger partial charge in [0, 0.05) is 13.1 Å². The molecule has 0 spiro atoms. The van der Waals surface area contributed by atoms with E-state index in [1.165, 1.54) is 0 Å². The predicted octanol–water partition coefficient (Wildman–Crippen LogP) is -1.45. The molecule has 0 saturated carbocycles. The van der Waals surface area contributed by atoms with Gasteiger partial charge in [0.1, 0.15) is 6.04 Å². The Bertz CT molecular complexity index is 899. The molecule has 2 fully saturated rings. The summed E-state index contributed by atoms with van der Waals surface area (Å²) in [6.45, 7) is 0.0585. The molecule has 1 aromatic carbocycles. The second-order valence-electron chi connectivity index (χ2n) is 7.44. The van der Waals surface area contributed by atoms with E-state index < -0.39 is 54.9 Å². The van der Waals surface area contributed by atoms with Crippen LogP contribution < -0.4 is 16.0 Å². The standard InChI is InChI=1S/C19H23BN4O8/c25-14(26)10-12-6-7-13(20(31)32-12)22-16(27)15(11-4-2-1-3-5-11)23-19(30)24-9-8-21-17(28)18(24)29/h1-5,12-13,15,31H,6-10H2,(H,21,28)(H,22,27)(H,23,30)(H,25,26). The number of carboxylic acids is 1. The SMILES string of the molecule is O=C(O)CC1CCC(NC(=O)C(NC(=O)N2CCNC(=O)C2=O)c2ccccc2)B(O)O1. The summed E-state index contributed by atoms with van der Waals surface area (Å²) in [5.41, 5.74) is 0.419. The first-order valence-corrected chi connectivity index (χ1v) is 10.1. The van der Waals surface area contributed by atoms with Crippen LogP contribution in [0.3, 0.4) is 0 Å². The number of hydrogen-bond donors (Lipinski definition) is 5. The van der Waals surface area contributed by atoms with Crippen LogP contribution in [0, 0.1) is 0 Å². The lowest BCUT2D eigenvalue weighted by atomic mass is 9.72. The minimum absolute atomic E-state index is 0.0420. The fourth-order valence-electron chi connectivity index (χ4n) is 3.54. The smallest absolute Gasteiger partial charge is 0.478 e. The number of urea groups is 1. The Hall–Kier alpha value is -3.45. The van der Waals surface area contributed by atoms with Gasteiger partial charge in [-0.15, -0.1) is 0 Å². The molecule has 5 amide bonds. The summed E-state index contributed by atoms with van der Waals surface area (Å²) in [7, 11) is -1.42. The Balaban J connectivity index is 1.70. The predicted molar refractivity (Wildman–Crippen MR) is 109 cm³/mol. The molecule has 0 radical (unpaired) electrons. The summed E-state index contributed by atoms with van der Waals surface area (Å²) in [5.74, 6) is -4.48. The molecule has 3 unspecified atom stereocenters. The van der Waals surface area contributed by atoms with Crippen LogP contribution >= 0.6 is 0 Å². The zero-order valence-electron chi connectivity index (χ0n) is 17.0. The second-order valence-corrected chi connectivity index (χ2v) is 7.44. The van der Waals surface area contributed by atoms with Gasteiger partial charge in [0.15, 0.2) is 0 Å². The average molecular weight is 446 g/mol. The number of carbonyl (C=O) groups excluding carboxylic acids is 4. The first-order chi connectivity index (χ1) is 15.3. The van der Waals surface area contributed by atoms with Crippen molar-refractivity contribution < 1.29 is 38.8 Å². The zero-order valence-corrected chi connectivity index (χ0v) is 17.0. The van der Waals surface area contributed by atoms with Crippen molar-refractivity contribution in [3.05, 3.63) is 35.9 Å². The maximum atomic E-state index is 13.0. The summed E-state index contributed by atoms with van der Waals surface area (Å²) in [6, 6.07) is 6.13. The van der Waals surface area contributed by atoms with Crippen molar-refractivity contribution in [3.8, 4) is 0 Å². The first-order valence-electron chi connectivity index (χ1n) is 10.1. The van der Waals surface area contributed by atoms with E-state index in [0.29, 0.717) is 12.0 Å². The van der Waals surface area contributed by atoms with Gasteiger partial charge in [-0.1, -0.05) is 30.3 Å². The topological polar surface area (TPSA) is 174 Å². The van der Waals surface area contributed by atoms with Crippen LogP contribution in [-0.4, -0.2) is 77.0 Å². The summed E-state index contributed by atoms with van der Waals surface area (Å²) in [5, 5.41) is 26.5. The van der Waals surface area contributed by atoms with Crippen molar-refractivity contribution in [1.29, 1.82) is 0 Å². The molecule has 1 aromatic rings. The van der Waals surface area contributed by atoms with E-state index >= 15 is 0 Å². The van der Waals surface area contributed by atoms with Crippen LogP contribution in [0.1, 0.15) is 30.9 Å². The number of aliphatic carboxylic acids is 1. The van der Waals surface area contributed by atoms with Gasteiger partial charge in [0.05, 0.1) is 18.5 Å². The minimum Gasteiger partial charge on any atom is -0.481 e. The van der Waals surface area contributed by atoms with Crippen LogP contribution in [-0.2, 0) is 23.8 Å². The molecule has 12 nitrogen and oxygen atoms in total. The molecule has 0 aliphatic carbocycles. The number of carbonyl (C=O) groups is 5. The molecule has 2 heterocycles. The van der Waals surface area contributed by atoms with Gasteiger partial charge in [0.25, 0.3) is 0 Å². The van der Waals surface area contributed by atoms with E-state index in [1.807, 2.05) is 0 Å².